The summed E-state index contributed by atoms with van der Waals surface area (Å²) in [5, 5.41) is 0. The number of Topliss-reactive ketones (excluding diaryl/α,β-unsaturated/α-hetero) is 1. The maximum Gasteiger partial charge on any atom is 0.187 e. The fourth-order valence-electron chi connectivity index (χ4n) is 3.87. The minimum Gasteiger partial charge on any atom is -0.399 e. The van der Waals surface area contributed by atoms with Gasteiger partial charge in [0.05, 0.1) is 17.1 Å². The van der Waals surface area contributed by atoms with E-state index in [1.54, 1.807) is 0 Å². The lowest BCUT2D eigenvalue weighted by Crippen LogP contribution is -2.25. The van der Waals surface area contributed by atoms with Crippen molar-refractivity contribution in [3.05, 3.63) is 75.0 Å². The van der Waals surface area contributed by atoms with Gasteiger partial charge in [0.25, 0.3) is 0 Å². The molecule has 0 atom stereocenters. The Labute approximate surface area is 184 Å². The van der Waals surface area contributed by atoms with E-state index in [2.05, 4.69) is 0 Å². The summed E-state index contributed by atoms with van der Waals surface area (Å²) in [6.45, 7) is 10.1. The maximum atomic E-state index is 13.3. The number of nitrogens with two attached hydrogens (primary N) is 3. The maximum absolute atomic E-state index is 13.3. The van der Waals surface area contributed by atoms with Gasteiger partial charge in [0.1, 0.15) is 0 Å². The van der Waals surface area contributed by atoms with Crippen molar-refractivity contribution in [3.8, 4) is 0 Å². The van der Waals surface area contributed by atoms with Gasteiger partial charge in [-0.25, -0.2) is 4.99 Å². The molecule has 0 fully saturated rings. The van der Waals surface area contributed by atoms with Crippen molar-refractivity contribution in [1.29, 1.82) is 0 Å². The molecule has 5 nitrogen and oxygen atoms in total. The third kappa shape index (κ3) is 4.26. The fourth-order valence-corrected chi connectivity index (χ4v) is 3.87. The second kappa shape index (κ2) is 8.80. The molecule has 0 aliphatic heterocycles. The third-order valence-corrected chi connectivity index (χ3v) is 6.34. The van der Waals surface area contributed by atoms with Crippen LogP contribution in [0.15, 0.2) is 52.2 Å². The van der Waals surface area contributed by atoms with Gasteiger partial charge in [0.2, 0.25) is 0 Å². The Bertz CT molecular complexity index is 1150. The zero-order valence-electron chi connectivity index (χ0n) is 19.1. The third-order valence-electron chi connectivity index (χ3n) is 6.34. The number of hydrogen-bond donors (Lipinski definition) is 3. The second-order valence-electron chi connectivity index (χ2n) is 8.30. The first kappa shape index (κ1) is 22.3. The Morgan fingerprint density at radius 1 is 0.839 bits per heavy atom. The number of hydrogen-bond acceptors (Lipinski definition) is 5. The number of carbonyl (C=O) groups excluding carboxylic acids is 1. The average Bonchev–Trinajstić information content (AvgIpc) is 2.74. The van der Waals surface area contributed by atoms with Crippen LogP contribution < -0.4 is 17.2 Å². The first-order valence-electron chi connectivity index (χ1n) is 10.7. The van der Waals surface area contributed by atoms with Gasteiger partial charge in [-0.05, 0) is 86.2 Å². The lowest BCUT2D eigenvalue weighted by molar-refractivity contribution is -0.112. The van der Waals surface area contributed by atoms with Crippen LogP contribution in [-0.4, -0.2) is 11.5 Å². The molecule has 0 saturated carbocycles. The van der Waals surface area contributed by atoms with Crippen LogP contribution in [0.4, 0.5) is 17.1 Å². The molecule has 1 aliphatic rings. The van der Waals surface area contributed by atoms with Crippen molar-refractivity contribution in [2.24, 2.45) is 10.7 Å². The van der Waals surface area contributed by atoms with Crippen LogP contribution in [0, 0.1) is 27.7 Å². The van der Waals surface area contributed by atoms with Gasteiger partial charge in [0, 0.05) is 28.9 Å². The van der Waals surface area contributed by atoms with E-state index < -0.39 is 0 Å². The van der Waals surface area contributed by atoms with Crippen molar-refractivity contribution in [2.75, 3.05) is 11.5 Å². The van der Waals surface area contributed by atoms with E-state index in [1.807, 2.05) is 65.0 Å². The molecule has 2 aromatic rings. The monoisotopic (exact) mass is 416 g/mol. The van der Waals surface area contributed by atoms with Crippen LogP contribution in [0.25, 0.3) is 0 Å². The molecule has 5 heteroatoms. The summed E-state index contributed by atoms with van der Waals surface area (Å²) in [5.41, 5.74) is 28.5. The average molecular weight is 417 g/mol. The molecule has 0 saturated heterocycles. The molecule has 1 aliphatic carbocycles. The molecule has 31 heavy (non-hydrogen) atoms. The van der Waals surface area contributed by atoms with E-state index in [4.69, 9.17) is 22.2 Å². The van der Waals surface area contributed by atoms with Crippen molar-refractivity contribution in [1.82, 2.24) is 0 Å². The van der Waals surface area contributed by atoms with E-state index >= 15 is 0 Å². The Morgan fingerprint density at radius 2 is 1.45 bits per heavy atom. The van der Waals surface area contributed by atoms with Crippen LogP contribution in [0.2, 0.25) is 0 Å². The summed E-state index contributed by atoms with van der Waals surface area (Å²) in [7, 11) is 0. The first-order valence-corrected chi connectivity index (χ1v) is 10.7. The van der Waals surface area contributed by atoms with E-state index in [-0.39, 0.29) is 5.78 Å². The quantitative estimate of drug-likeness (QED) is 0.475. The summed E-state index contributed by atoms with van der Waals surface area (Å²) in [4.78, 5) is 18.1. The highest BCUT2D eigenvalue weighted by Gasteiger charge is 2.26. The minimum atomic E-state index is 0.0115. The van der Waals surface area contributed by atoms with Gasteiger partial charge < -0.3 is 17.2 Å². The molecule has 0 amide bonds. The van der Waals surface area contributed by atoms with Gasteiger partial charge >= 0.3 is 0 Å². The van der Waals surface area contributed by atoms with Crippen LogP contribution in [0.3, 0.4) is 0 Å². The molecule has 2 aromatic carbocycles. The van der Waals surface area contributed by atoms with Crippen molar-refractivity contribution >= 4 is 28.6 Å². The van der Waals surface area contributed by atoms with Crippen LogP contribution in [-0.2, 0) is 11.2 Å². The van der Waals surface area contributed by atoms with Crippen LogP contribution in [0.5, 0.6) is 0 Å². The minimum absolute atomic E-state index is 0.0115. The zero-order chi connectivity index (χ0) is 22.9. The van der Waals surface area contributed by atoms with Crippen molar-refractivity contribution in [3.63, 3.8) is 0 Å². The van der Waals surface area contributed by atoms with Gasteiger partial charge in [-0.15, -0.1) is 0 Å². The number of anilines is 2. The number of nitrogens with zero attached hydrogens (tertiary/aromatic N) is 1. The first-order chi connectivity index (χ1) is 14.6. The molecule has 3 rings (SSSR count). The smallest absolute Gasteiger partial charge is 0.187 e. The molecule has 0 bridgehead atoms. The largest absolute Gasteiger partial charge is 0.399 e. The molecular weight excluding hydrogens is 384 g/mol. The van der Waals surface area contributed by atoms with Crippen molar-refractivity contribution in [2.45, 2.75) is 53.9 Å². The molecular formula is C26H32N4O. The van der Waals surface area contributed by atoms with Crippen molar-refractivity contribution < 1.29 is 4.79 Å². The lowest BCUT2D eigenvalue weighted by atomic mass is 9.85. The Hall–Kier alpha value is -3.34. The Kier molecular flexibility index (Phi) is 6.34. The zero-order valence-corrected chi connectivity index (χ0v) is 19.1. The molecule has 0 heterocycles. The summed E-state index contributed by atoms with van der Waals surface area (Å²) in [6, 6.07) is 7.65. The molecule has 162 valence electrons. The molecule has 0 aromatic heterocycles. The number of ketones is 1. The number of benzene rings is 2. The number of aliphatic imine (C=N–C) groups is 1. The summed E-state index contributed by atoms with van der Waals surface area (Å²) in [6.07, 6.45) is 3.82. The number of rotatable bonds is 5. The van der Waals surface area contributed by atoms with Crippen LogP contribution in [0.1, 0.15) is 47.6 Å². The van der Waals surface area contributed by atoms with Gasteiger partial charge in [-0.1, -0.05) is 19.4 Å². The second-order valence-corrected chi connectivity index (χ2v) is 8.30. The van der Waals surface area contributed by atoms with E-state index in [0.29, 0.717) is 35.4 Å². The Balaban J connectivity index is 2.11. The molecule has 6 N–H and O–H groups in total. The van der Waals surface area contributed by atoms with E-state index in [0.717, 1.165) is 51.3 Å². The number of allylic oxidation sites excluding steroid dienone is 3. The van der Waals surface area contributed by atoms with Gasteiger partial charge in [-0.2, -0.15) is 0 Å². The SMILES string of the molecule is CCCC1=C(N)C(=Nc2ccc(N)c(C)c2C)C=C(Cc2ccc(N)c(C)c2C)C1=O. The summed E-state index contributed by atoms with van der Waals surface area (Å²) in [5.74, 6) is 0.0115. The summed E-state index contributed by atoms with van der Waals surface area (Å²) < 4.78 is 0. The van der Waals surface area contributed by atoms with E-state index in [1.165, 1.54) is 0 Å². The predicted molar refractivity (Wildman–Crippen MR) is 131 cm³/mol. The predicted octanol–water partition coefficient (Wildman–Crippen LogP) is 4.92. The number of carbonyl (C=O) groups is 1. The van der Waals surface area contributed by atoms with Gasteiger partial charge in [0.15, 0.2) is 5.78 Å². The Morgan fingerprint density at radius 3 is 2.10 bits per heavy atom. The lowest BCUT2D eigenvalue weighted by Gasteiger charge is -2.20. The molecule has 0 unspecified atom stereocenters. The topological polar surface area (TPSA) is 107 Å². The highest BCUT2D eigenvalue weighted by Crippen LogP contribution is 2.30. The van der Waals surface area contributed by atoms with Gasteiger partial charge in [-0.3, -0.25) is 4.79 Å². The van der Waals surface area contributed by atoms with E-state index in [9.17, 15) is 4.79 Å². The number of nitrogen functional groups attached to an aromatic ring is 2. The standard InChI is InChI=1S/C26H32N4O/c1-6-7-20-25(29)24(30-23-11-10-22(28)16(4)17(23)5)13-19(26(20)31)12-18-8-9-21(27)15(3)14(18)2/h8-11,13H,6-7,12,27-29H2,1-5H3. The highest BCUT2D eigenvalue weighted by molar-refractivity contribution is 6.24. The summed E-state index contributed by atoms with van der Waals surface area (Å²) >= 11 is 0. The fraction of sp³-hybridized carbons (Fsp3) is 0.308. The molecule has 0 radical (unpaired) electrons. The van der Waals surface area contributed by atoms with Crippen LogP contribution >= 0.6 is 0 Å². The normalized spacial score (nSPS) is 15.6. The highest BCUT2D eigenvalue weighted by atomic mass is 16.1. The molecule has 0 spiro atoms.